The minimum atomic E-state index is 0. The Balaban J connectivity index is 0.00000108. The van der Waals surface area contributed by atoms with Gasteiger partial charge in [-0.2, -0.15) is 0 Å². The number of nitrogens with zero attached hydrogens (tertiary/aromatic N) is 3. The Morgan fingerprint density at radius 1 is 1.24 bits per heavy atom. The molecule has 0 bridgehead atoms. The summed E-state index contributed by atoms with van der Waals surface area (Å²) in [5.41, 5.74) is 2.38. The highest BCUT2D eigenvalue weighted by Crippen LogP contribution is 2.37. The first-order valence-electron chi connectivity index (χ1n) is 5.71. The molecule has 92 valence electrons. The molecule has 17 heavy (non-hydrogen) atoms. The number of para-hydroxylation sites is 2. The number of guanidine groups is 1. The predicted octanol–water partition coefficient (Wildman–Crippen LogP) is -1.93. The lowest BCUT2D eigenvalue weighted by molar-refractivity contribution is -0.00000422. The average molecular weight is 253 g/mol. The van der Waals surface area contributed by atoms with E-state index in [1.807, 2.05) is 12.1 Å². The first-order valence-corrected chi connectivity index (χ1v) is 5.71. The van der Waals surface area contributed by atoms with Gasteiger partial charge in [-0.15, -0.1) is 0 Å². The van der Waals surface area contributed by atoms with E-state index < -0.39 is 0 Å². The van der Waals surface area contributed by atoms with E-state index in [9.17, 15) is 0 Å². The Morgan fingerprint density at radius 3 is 2.76 bits per heavy atom. The fourth-order valence-corrected chi connectivity index (χ4v) is 2.40. The molecule has 1 N–H and O–H groups in total. The summed E-state index contributed by atoms with van der Waals surface area (Å²) in [5, 5.41) is 9.13. The van der Waals surface area contributed by atoms with Crippen LogP contribution in [-0.2, 0) is 0 Å². The molecule has 0 fully saturated rings. The van der Waals surface area contributed by atoms with Crippen molar-refractivity contribution in [2.24, 2.45) is 4.99 Å². The van der Waals surface area contributed by atoms with Crippen molar-refractivity contribution < 1.29 is 17.5 Å². The van der Waals surface area contributed by atoms with Crippen molar-refractivity contribution >= 4 is 17.3 Å². The lowest BCUT2D eigenvalue weighted by atomic mass is 10.2. The van der Waals surface area contributed by atoms with E-state index in [2.05, 4.69) is 26.9 Å². The topological polar surface area (TPSA) is 39.1 Å². The van der Waals surface area contributed by atoms with Gasteiger partial charge in [0.05, 0.1) is 18.0 Å². The van der Waals surface area contributed by atoms with Crippen LogP contribution in [-0.4, -0.2) is 37.3 Å². The summed E-state index contributed by atoms with van der Waals surface area (Å²) in [6.07, 6.45) is 1.10. The molecule has 2 aliphatic rings. The van der Waals surface area contributed by atoms with Gasteiger partial charge in [0.1, 0.15) is 0 Å². The van der Waals surface area contributed by atoms with Gasteiger partial charge in [-0.25, -0.2) is 0 Å². The third-order valence-electron chi connectivity index (χ3n) is 3.06. The van der Waals surface area contributed by atoms with Crippen LogP contribution in [0.3, 0.4) is 0 Å². The second-order valence-corrected chi connectivity index (χ2v) is 4.05. The largest absolute Gasteiger partial charge is 1.00 e. The Labute approximate surface area is 107 Å². The summed E-state index contributed by atoms with van der Waals surface area (Å²) in [6.45, 7) is 2.69. The maximum atomic E-state index is 9.13. The van der Waals surface area contributed by atoms with Crippen molar-refractivity contribution in [3.8, 4) is 0 Å². The highest BCUT2D eigenvalue weighted by atomic mass is 35.5. The van der Waals surface area contributed by atoms with Gasteiger partial charge in [0.2, 0.25) is 5.96 Å². The number of aliphatic hydroxyl groups is 1. The summed E-state index contributed by atoms with van der Waals surface area (Å²) in [5.74, 6) is 1.00. The molecule has 3 rings (SSSR count). The Bertz CT molecular complexity index is 436. The molecule has 0 atom stereocenters. The molecule has 5 heteroatoms. The van der Waals surface area contributed by atoms with Crippen LogP contribution >= 0.6 is 0 Å². The van der Waals surface area contributed by atoms with Crippen LogP contribution in [0.15, 0.2) is 29.3 Å². The maximum Gasteiger partial charge on any atom is 0.205 e. The molecule has 2 heterocycles. The van der Waals surface area contributed by atoms with E-state index in [0.29, 0.717) is 6.54 Å². The molecule has 2 aliphatic heterocycles. The van der Waals surface area contributed by atoms with E-state index in [1.165, 1.54) is 5.69 Å². The zero-order valence-electron chi connectivity index (χ0n) is 9.51. The smallest absolute Gasteiger partial charge is 0.205 e. The average Bonchev–Trinajstić information content (AvgIpc) is 2.66. The molecule has 0 saturated heterocycles. The molecule has 0 saturated carbocycles. The molecule has 0 unspecified atom stereocenters. The van der Waals surface area contributed by atoms with E-state index in [1.54, 1.807) is 0 Å². The first-order chi connectivity index (χ1) is 7.92. The van der Waals surface area contributed by atoms with Crippen LogP contribution in [0.1, 0.15) is 6.42 Å². The van der Waals surface area contributed by atoms with Crippen molar-refractivity contribution in [3.05, 3.63) is 24.3 Å². The van der Waals surface area contributed by atoms with Gasteiger partial charge < -0.3 is 27.3 Å². The van der Waals surface area contributed by atoms with Crippen molar-refractivity contribution in [1.82, 2.24) is 0 Å². The number of halogens is 1. The quantitative estimate of drug-likeness (QED) is 0.667. The summed E-state index contributed by atoms with van der Waals surface area (Å²) in [6, 6.07) is 8.29. The number of rotatable bonds is 2. The van der Waals surface area contributed by atoms with Gasteiger partial charge in [0.15, 0.2) is 0 Å². The number of aliphatic hydroxyl groups excluding tert-OH is 1. The van der Waals surface area contributed by atoms with Gasteiger partial charge in [0, 0.05) is 19.6 Å². The van der Waals surface area contributed by atoms with Crippen LogP contribution in [0, 0.1) is 0 Å². The summed E-state index contributed by atoms with van der Waals surface area (Å²) >= 11 is 0. The SMILES string of the molecule is OCCN1C2=NCCCN2c2ccccc21.[Cl-]. The van der Waals surface area contributed by atoms with Gasteiger partial charge in [0.25, 0.3) is 0 Å². The van der Waals surface area contributed by atoms with E-state index >= 15 is 0 Å². The molecule has 0 aliphatic carbocycles. The van der Waals surface area contributed by atoms with Gasteiger partial charge >= 0.3 is 0 Å². The summed E-state index contributed by atoms with van der Waals surface area (Å²) in [7, 11) is 0. The molecule has 0 amide bonds. The van der Waals surface area contributed by atoms with Crippen LogP contribution < -0.4 is 22.2 Å². The molecule has 0 spiro atoms. The molecule has 0 aromatic heterocycles. The number of fused-ring (bicyclic) bond motifs is 3. The number of aliphatic imine (C=N–C) groups is 1. The van der Waals surface area contributed by atoms with Crippen molar-refractivity contribution in [2.45, 2.75) is 6.42 Å². The lowest BCUT2D eigenvalue weighted by Crippen LogP contribution is -3.00. The highest BCUT2D eigenvalue weighted by molar-refractivity contribution is 6.16. The second-order valence-electron chi connectivity index (χ2n) is 4.05. The molecule has 1 aromatic rings. The van der Waals surface area contributed by atoms with Gasteiger partial charge in [-0.1, -0.05) is 12.1 Å². The van der Waals surface area contributed by atoms with Crippen LogP contribution in [0.25, 0.3) is 0 Å². The standard InChI is InChI=1S/C12H15N3O.ClH/c16-9-8-15-11-5-2-1-4-10(11)14-7-3-6-13-12(14)15;/h1-2,4-5,16H,3,6-9H2;1H/p-1. The molecule has 1 aromatic carbocycles. The third kappa shape index (κ3) is 1.87. The minimum Gasteiger partial charge on any atom is -1.00 e. The van der Waals surface area contributed by atoms with Crippen molar-refractivity contribution in [1.29, 1.82) is 0 Å². The van der Waals surface area contributed by atoms with E-state index in [4.69, 9.17) is 5.11 Å². The number of hydrogen-bond acceptors (Lipinski definition) is 4. The number of anilines is 2. The number of β-amino-alcohol motifs (C(OH)–C–C–N with tert-alkyl or cyclic N) is 1. The Morgan fingerprint density at radius 2 is 2.00 bits per heavy atom. The Hall–Kier alpha value is -1.26. The second kappa shape index (κ2) is 4.94. The first kappa shape index (κ1) is 12.2. The number of benzene rings is 1. The highest BCUT2D eigenvalue weighted by Gasteiger charge is 2.32. The van der Waals surface area contributed by atoms with Crippen LogP contribution in [0.4, 0.5) is 11.4 Å². The fourth-order valence-electron chi connectivity index (χ4n) is 2.40. The van der Waals surface area contributed by atoms with Crippen molar-refractivity contribution in [2.75, 3.05) is 36.0 Å². The molecule has 0 radical (unpaired) electrons. The predicted molar refractivity (Wildman–Crippen MR) is 65.1 cm³/mol. The van der Waals surface area contributed by atoms with Gasteiger partial charge in [-0.05, 0) is 18.6 Å². The summed E-state index contributed by atoms with van der Waals surface area (Å²) < 4.78 is 0. The van der Waals surface area contributed by atoms with E-state index in [-0.39, 0.29) is 19.0 Å². The third-order valence-corrected chi connectivity index (χ3v) is 3.06. The zero-order chi connectivity index (χ0) is 11.0. The van der Waals surface area contributed by atoms with Crippen molar-refractivity contribution in [3.63, 3.8) is 0 Å². The van der Waals surface area contributed by atoms with Gasteiger partial charge in [-0.3, -0.25) is 4.99 Å². The minimum absolute atomic E-state index is 0. The molecular formula is C12H15ClN3O-. The van der Waals surface area contributed by atoms with Crippen LogP contribution in [0.5, 0.6) is 0 Å². The number of hydrogen-bond donors (Lipinski definition) is 1. The Kier molecular flexibility index (Phi) is 3.54. The monoisotopic (exact) mass is 252 g/mol. The molecular weight excluding hydrogens is 238 g/mol. The normalized spacial score (nSPS) is 17.1. The maximum absolute atomic E-state index is 9.13. The van der Waals surface area contributed by atoms with Crippen LogP contribution in [0.2, 0.25) is 0 Å². The lowest BCUT2D eigenvalue weighted by Gasteiger charge is -2.26. The van der Waals surface area contributed by atoms with E-state index in [0.717, 1.165) is 31.2 Å². The molecule has 4 nitrogen and oxygen atoms in total. The summed E-state index contributed by atoms with van der Waals surface area (Å²) in [4.78, 5) is 8.91. The zero-order valence-corrected chi connectivity index (χ0v) is 10.3. The fraction of sp³-hybridized carbons (Fsp3) is 0.417.